The highest BCUT2D eigenvalue weighted by molar-refractivity contribution is 5.85. The molecule has 0 aliphatic carbocycles. The zero-order chi connectivity index (χ0) is 15.6. The summed E-state index contributed by atoms with van der Waals surface area (Å²) in [5.74, 6) is 0. The van der Waals surface area contributed by atoms with Gasteiger partial charge in [-0.25, -0.2) is 4.79 Å². The minimum atomic E-state index is -0.307. The molecule has 1 spiro atoms. The van der Waals surface area contributed by atoms with Crippen molar-refractivity contribution in [3.8, 4) is 0 Å². The number of hydrogen-bond donors (Lipinski definition) is 1. The summed E-state index contributed by atoms with van der Waals surface area (Å²) in [6.07, 6.45) is 2.77. The molecule has 0 radical (unpaired) electrons. The fraction of sp³-hybridized carbons (Fsp3) is 0.588. The summed E-state index contributed by atoms with van der Waals surface area (Å²) in [6, 6.07) is 8.63. The molecule has 2 saturated heterocycles. The number of ether oxygens (including phenoxy) is 1. The number of rotatable bonds is 4. The van der Waals surface area contributed by atoms with Gasteiger partial charge in [-0.15, -0.1) is 24.8 Å². The second-order valence-corrected chi connectivity index (χ2v) is 6.58. The molecule has 0 aromatic heterocycles. The summed E-state index contributed by atoms with van der Waals surface area (Å²) in [5.41, 5.74) is 7.93. The predicted octanol–water partition coefficient (Wildman–Crippen LogP) is 2.45. The number of likely N-dealkylation sites (N-methyl/N-ethyl adjacent to an activating group) is 1. The summed E-state index contributed by atoms with van der Waals surface area (Å²) in [4.78, 5) is 15.8. The third-order valence-electron chi connectivity index (χ3n) is 4.59. The Balaban J connectivity index is 0.00000144. The maximum Gasteiger partial charge on any atom is 0.410 e. The van der Waals surface area contributed by atoms with Gasteiger partial charge in [0.1, 0.15) is 5.60 Å². The summed E-state index contributed by atoms with van der Waals surface area (Å²) >= 11 is 0. The molecule has 24 heavy (non-hydrogen) atoms. The molecule has 2 fully saturated rings. The van der Waals surface area contributed by atoms with Gasteiger partial charge >= 0.3 is 6.09 Å². The largest absolute Gasteiger partial charge is 0.440 e. The lowest BCUT2D eigenvalue weighted by molar-refractivity contribution is -0.0113. The average molecular weight is 376 g/mol. The van der Waals surface area contributed by atoms with Gasteiger partial charge in [-0.3, -0.25) is 4.90 Å². The number of amides is 1. The fourth-order valence-electron chi connectivity index (χ4n) is 3.64. The lowest BCUT2D eigenvalue weighted by Gasteiger charge is -2.38. The summed E-state index contributed by atoms with van der Waals surface area (Å²) in [5, 5.41) is 0. The highest BCUT2D eigenvalue weighted by Crippen LogP contribution is 2.31. The van der Waals surface area contributed by atoms with Crippen molar-refractivity contribution in [3.63, 3.8) is 0 Å². The lowest BCUT2D eigenvalue weighted by atomic mass is 9.92. The van der Waals surface area contributed by atoms with E-state index >= 15 is 0 Å². The molecule has 136 valence electrons. The number of nitrogens with zero attached hydrogens (tertiary/aromatic N) is 2. The van der Waals surface area contributed by atoms with Crippen molar-refractivity contribution in [1.29, 1.82) is 0 Å². The molecule has 7 heteroatoms. The van der Waals surface area contributed by atoms with Gasteiger partial charge in [0.2, 0.25) is 0 Å². The van der Waals surface area contributed by atoms with E-state index in [1.54, 1.807) is 4.90 Å². The molecule has 1 atom stereocenters. The maximum absolute atomic E-state index is 11.7. The van der Waals surface area contributed by atoms with Gasteiger partial charge in [-0.05, 0) is 43.5 Å². The molecule has 2 heterocycles. The molecule has 2 N–H and O–H groups in total. The summed E-state index contributed by atoms with van der Waals surface area (Å²) in [6.45, 7) is 4.17. The van der Waals surface area contributed by atoms with Crippen molar-refractivity contribution in [2.75, 3.05) is 33.2 Å². The number of nitrogens with two attached hydrogens (primary N) is 1. The minimum absolute atomic E-state index is 0. The van der Waals surface area contributed by atoms with Crippen molar-refractivity contribution in [1.82, 2.24) is 9.80 Å². The van der Waals surface area contributed by atoms with E-state index in [9.17, 15) is 4.79 Å². The molecule has 3 rings (SSSR count). The van der Waals surface area contributed by atoms with Crippen LogP contribution in [-0.2, 0) is 17.7 Å². The van der Waals surface area contributed by atoms with E-state index in [0.717, 1.165) is 38.9 Å². The zero-order valence-electron chi connectivity index (χ0n) is 14.1. The molecular formula is C17H27Cl2N3O2. The monoisotopic (exact) mass is 375 g/mol. The summed E-state index contributed by atoms with van der Waals surface area (Å²) in [7, 11) is 1.81. The van der Waals surface area contributed by atoms with Crippen LogP contribution in [0.3, 0.4) is 0 Å². The van der Waals surface area contributed by atoms with Gasteiger partial charge in [0, 0.05) is 20.1 Å². The number of carbonyl (C=O) groups is 1. The van der Waals surface area contributed by atoms with Crippen LogP contribution in [-0.4, -0.2) is 54.7 Å². The zero-order valence-corrected chi connectivity index (χ0v) is 15.7. The Morgan fingerprint density at radius 1 is 1.25 bits per heavy atom. The van der Waals surface area contributed by atoms with Crippen LogP contribution in [0.1, 0.15) is 24.0 Å². The van der Waals surface area contributed by atoms with E-state index in [0.29, 0.717) is 13.1 Å². The van der Waals surface area contributed by atoms with E-state index in [4.69, 9.17) is 10.5 Å². The Morgan fingerprint density at radius 3 is 2.67 bits per heavy atom. The van der Waals surface area contributed by atoms with E-state index in [2.05, 4.69) is 29.2 Å². The fourth-order valence-corrected chi connectivity index (χ4v) is 3.64. The third-order valence-corrected chi connectivity index (χ3v) is 4.59. The van der Waals surface area contributed by atoms with Crippen molar-refractivity contribution in [2.45, 2.75) is 31.4 Å². The highest BCUT2D eigenvalue weighted by atomic mass is 35.5. The van der Waals surface area contributed by atoms with Gasteiger partial charge in [0.25, 0.3) is 0 Å². The Hall–Kier alpha value is -1.01. The van der Waals surface area contributed by atoms with Crippen LogP contribution in [0.2, 0.25) is 0 Å². The molecule has 2 aliphatic heterocycles. The molecular weight excluding hydrogens is 349 g/mol. The molecule has 1 aromatic carbocycles. The Bertz CT molecular complexity index is 558. The molecule has 5 nitrogen and oxygen atoms in total. The van der Waals surface area contributed by atoms with Crippen LogP contribution in [0.5, 0.6) is 0 Å². The van der Waals surface area contributed by atoms with Gasteiger partial charge in [0.05, 0.1) is 6.54 Å². The molecule has 1 amide bonds. The number of hydrogen-bond acceptors (Lipinski definition) is 4. The van der Waals surface area contributed by atoms with Crippen molar-refractivity contribution in [3.05, 3.63) is 35.4 Å². The lowest BCUT2D eigenvalue weighted by Crippen LogP contribution is -2.50. The smallest absolute Gasteiger partial charge is 0.410 e. The van der Waals surface area contributed by atoms with E-state index in [-0.39, 0.29) is 36.5 Å². The Morgan fingerprint density at radius 2 is 2.00 bits per heavy atom. The van der Waals surface area contributed by atoms with Crippen LogP contribution in [0.4, 0.5) is 4.79 Å². The number of carbonyl (C=O) groups excluding carboxylic acids is 1. The number of benzene rings is 1. The van der Waals surface area contributed by atoms with Gasteiger partial charge in [-0.1, -0.05) is 24.3 Å². The number of likely N-dealkylation sites (tertiary alicyclic amines) is 1. The Labute approximate surface area is 156 Å². The van der Waals surface area contributed by atoms with Crippen LogP contribution in [0, 0.1) is 0 Å². The SMILES string of the molecule is CN1CC2(CCCN(Cc3cccc(CCN)c3)C2)OC1=O.Cl.Cl. The molecule has 2 aliphatic rings. The number of halogens is 2. The van der Waals surface area contributed by atoms with Crippen molar-refractivity contribution >= 4 is 30.9 Å². The van der Waals surface area contributed by atoms with Gasteiger partial charge in [0.15, 0.2) is 0 Å². The van der Waals surface area contributed by atoms with Gasteiger partial charge < -0.3 is 15.4 Å². The molecule has 1 aromatic rings. The predicted molar refractivity (Wildman–Crippen MR) is 100 cm³/mol. The van der Waals surface area contributed by atoms with Gasteiger partial charge in [-0.2, -0.15) is 0 Å². The highest BCUT2D eigenvalue weighted by Gasteiger charge is 2.46. The van der Waals surface area contributed by atoms with E-state index < -0.39 is 0 Å². The van der Waals surface area contributed by atoms with Crippen LogP contribution in [0.15, 0.2) is 24.3 Å². The molecule has 0 bridgehead atoms. The first-order valence-corrected chi connectivity index (χ1v) is 8.05. The average Bonchev–Trinajstić information content (AvgIpc) is 2.73. The second-order valence-electron chi connectivity index (χ2n) is 6.58. The first kappa shape index (κ1) is 21.0. The number of piperidine rings is 1. The van der Waals surface area contributed by atoms with Crippen molar-refractivity contribution < 1.29 is 9.53 Å². The van der Waals surface area contributed by atoms with Crippen LogP contribution in [0.25, 0.3) is 0 Å². The molecule has 1 unspecified atom stereocenters. The van der Waals surface area contributed by atoms with E-state index in [1.807, 2.05) is 7.05 Å². The Kier molecular flexibility index (Phi) is 7.80. The molecule has 0 saturated carbocycles. The topological polar surface area (TPSA) is 58.8 Å². The quantitative estimate of drug-likeness (QED) is 0.877. The van der Waals surface area contributed by atoms with Crippen LogP contribution >= 0.6 is 24.8 Å². The third kappa shape index (κ3) is 4.76. The maximum atomic E-state index is 11.7. The van der Waals surface area contributed by atoms with Crippen molar-refractivity contribution in [2.24, 2.45) is 5.73 Å². The second kappa shape index (κ2) is 8.90. The van der Waals surface area contributed by atoms with Crippen LogP contribution < -0.4 is 5.73 Å². The summed E-state index contributed by atoms with van der Waals surface area (Å²) < 4.78 is 5.66. The standard InChI is InChI=1S/C17H25N3O2.2ClH/c1-19-12-17(22-16(19)21)7-3-9-20(13-17)11-15-5-2-4-14(10-15)6-8-18;;/h2,4-5,10H,3,6-9,11-13,18H2,1H3;2*1H. The van der Waals surface area contributed by atoms with E-state index in [1.165, 1.54) is 11.1 Å². The first-order valence-electron chi connectivity index (χ1n) is 8.05. The minimum Gasteiger partial charge on any atom is -0.440 e. The normalized spacial score (nSPS) is 23.6. The first-order chi connectivity index (χ1) is 10.6.